The Kier molecular flexibility index (Phi) is 4.43. The number of aromatic nitrogens is 1. The normalized spacial score (nSPS) is 10.5. The lowest BCUT2D eigenvalue weighted by Crippen LogP contribution is -2.02. The van der Waals surface area contributed by atoms with Gasteiger partial charge in [-0.05, 0) is 23.8 Å². The van der Waals surface area contributed by atoms with Gasteiger partial charge in [0, 0.05) is 19.2 Å². The number of benzene rings is 1. The first-order chi connectivity index (χ1) is 9.22. The zero-order chi connectivity index (χ0) is 13.7. The smallest absolute Gasteiger partial charge is 0.223 e. The molecule has 4 nitrogen and oxygen atoms in total. The summed E-state index contributed by atoms with van der Waals surface area (Å²) in [5, 5.41) is 0. The fourth-order valence-electron chi connectivity index (χ4n) is 1.68. The van der Waals surface area contributed by atoms with E-state index in [2.05, 4.69) is 4.98 Å². The molecular weight excluding hydrogens is 247 g/mol. The van der Waals surface area contributed by atoms with Crippen LogP contribution in [0.15, 0.2) is 36.5 Å². The lowest BCUT2D eigenvalue weighted by molar-refractivity contribution is 0.184. The van der Waals surface area contributed by atoms with E-state index in [0.29, 0.717) is 23.8 Å². The van der Waals surface area contributed by atoms with Gasteiger partial charge in [0.15, 0.2) is 0 Å². The second kappa shape index (κ2) is 6.26. The van der Waals surface area contributed by atoms with Crippen molar-refractivity contribution in [3.8, 4) is 11.6 Å². The molecule has 0 bridgehead atoms. The van der Waals surface area contributed by atoms with E-state index in [1.165, 1.54) is 6.07 Å². The third-order valence-electron chi connectivity index (χ3n) is 2.54. The maximum absolute atomic E-state index is 13.0. The molecule has 1 aromatic heterocycles. The maximum atomic E-state index is 13.0. The molecule has 0 aliphatic carbocycles. The van der Waals surface area contributed by atoms with Gasteiger partial charge in [0.05, 0.1) is 12.8 Å². The number of halogens is 1. The minimum atomic E-state index is -0.430. The summed E-state index contributed by atoms with van der Waals surface area (Å²) >= 11 is 0. The minimum Gasteiger partial charge on any atom is -0.439 e. The van der Waals surface area contributed by atoms with Crippen LogP contribution < -0.4 is 10.5 Å². The Balaban J connectivity index is 2.23. The third-order valence-corrected chi connectivity index (χ3v) is 2.54. The lowest BCUT2D eigenvalue weighted by Gasteiger charge is -2.09. The highest BCUT2D eigenvalue weighted by molar-refractivity contribution is 5.34. The predicted molar refractivity (Wildman–Crippen MR) is 69.3 cm³/mol. The maximum Gasteiger partial charge on any atom is 0.223 e. The van der Waals surface area contributed by atoms with Crippen LogP contribution in [0.4, 0.5) is 4.39 Å². The molecule has 1 heterocycles. The monoisotopic (exact) mass is 262 g/mol. The van der Waals surface area contributed by atoms with Gasteiger partial charge in [-0.25, -0.2) is 9.37 Å². The van der Waals surface area contributed by atoms with Crippen molar-refractivity contribution in [2.24, 2.45) is 5.73 Å². The molecule has 0 fully saturated rings. The SMILES string of the molecule is COCc1cccc(Oc2ncc(F)cc2CN)c1. The van der Waals surface area contributed by atoms with E-state index in [1.54, 1.807) is 13.2 Å². The van der Waals surface area contributed by atoms with E-state index in [-0.39, 0.29) is 6.54 Å². The summed E-state index contributed by atoms with van der Waals surface area (Å²) in [6.07, 6.45) is 1.10. The van der Waals surface area contributed by atoms with Crippen molar-refractivity contribution < 1.29 is 13.9 Å². The fraction of sp³-hybridized carbons (Fsp3) is 0.214. The minimum absolute atomic E-state index is 0.165. The van der Waals surface area contributed by atoms with Gasteiger partial charge in [-0.1, -0.05) is 12.1 Å². The number of pyridine rings is 1. The van der Waals surface area contributed by atoms with E-state index in [4.69, 9.17) is 15.2 Å². The van der Waals surface area contributed by atoms with Crippen LogP contribution >= 0.6 is 0 Å². The van der Waals surface area contributed by atoms with Crippen molar-refractivity contribution in [3.05, 3.63) is 53.5 Å². The zero-order valence-electron chi connectivity index (χ0n) is 10.6. The molecule has 0 atom stereocenters. The Hall–Kier alpha value is -1.98. The molecule has 2 rings (SSSR count). The number of hydrogen-bond acceptors (Lipinski definition) is 4. The summed E-state index contributed by atoms with van der Waals surface area (Å²) in [7, 11) is 1.63. The molecule has 1 aromatic carbocycles. The van der Waals surface area contributed by atoms with Crippen molar-refractivity contribution in [2.75, 3.05) is 7.11 Å². The number of nitrogens with zero attached hydrogens (tertiary/aromatic N) is 1. The van der Waals surface area contributed by atoms with Crippen LogP contribution in [-0.2, 0) is 17.9 Å². The highest BCUT2D eigenvalue weighted by Gasteiger charge is 2.07. The highest BCUT2D eigenvalue weighted by atomic mass is 19.1. The van der Waals surface area contributed by atoms with Crippen molar-refractivity contribution in [3.63, 3.8) is 0 Å². The van der Waals surface area contributed by atoms with Crippen LogP contribution in [0.5, 0.6) is 11.6 Å². The topological polar surface area (TPSA) is 57.4 Å². The van der Waals surface area contributed by atoms with Crippen molar-refractivity contribution in [1.82, 2.24) is 4.98 Å². The van der Waals surface area contributed by atoms with Gasteiger partial charge in [0.25, 0.3) is 0 Å². The molecule has 0 radical (unpaired) electrons. The van der Waals surface area contributed by atoms with Gasteiger partial charge < -0.3 is 15.2 Å². The Morgan fingerprint density at radius 1 is 1.32 bits per heavy atom. The Labute approximate surface area is 111 Å². The number of hydrogen-bond donors (Lipinski definition) is 1. The molecule has 0 aliphatic rings. The molecule has 0 saturated carbocycles. The van der Waals surface area contributed by atoms with Gasteiger partial charge in [-0.15, -0.1) is 0 Å². The van der Waals surface area contributed by atoms with Crippen LogP contribution in [0.2, 0.25) is 0 Å². The lowest BCUT2D eigenvalue weighted by atomic mass is 10.2. The van der Waals surface area contributed by atoms with E-state index in [9.17, 15) is 4.39 Å². The van der Waals surface area contributed by atoms with Crippen molar-refractivity contribution in [1.29, 1.82) is 0 Å². The van der Waals surface area contributed by atoms with E-state index < -0.39 is 5.82 Å². The number of ether oxygens (including phenoxy) is 2. The first-order valence-corrected chi connectivity index (χ1v) is 5.83. The summed E-state index contributed by atoms with van der Waals surface area (Å²) < 4.78 is 23.7. The molecule has 19 heavy (non-hydrogen) atoms. The summed E-state index contributed by atoms with van der Waals surface area (Å²) in [6.45, 7) is 0.662. The fourth-order valence-corrected chi connectivity index (χ4v) is 1.68. The molecule has 0 aliphatic heterocycles. The quantitative estimate of drug-likeness (QED) is 0.899. The average Bonchev–Trinajstić information content (AvgIpc) is 2.41. The molecule has 0 spiro atoms. The first-order valence-electron chi connectivity index (χ1n) is 5.83. The van der Waals surface area contributed by atoms with Gasteiger partial charge in [0.2, 0.25) is 5.88 Å². The van der Waals surface area contributed by atoms with Gasteiger partial charge in [-0.3, -0.25) is 0 Å². The second-order valence-electron chi connectivity index (χ2n) is 4.00. The highest BCUT2D eigenvalue weighted by Crippen LogP contribution is 2.24. The van der Waals surface area contributed by atoms with Crippen LogP contribution in [-0.4, -0.2) is 12.1 Å². The molecular formula is C14H15FN2O2. The molecule has 2 N–H and O–H groups in total. The Bertz CT molecular complexity index is 561. The number of rotatable bonds is 5. The zero-order valence-corrected chi connectivity index (χ0v) is 10.6. The summed E-state index contributed by atoms with van der Waals surface area (Å²) in [4.78, 5) is 3.91. The van der Waals surface area contributed by atoms with Crippen molar-refractivity contribution in [2.45, 2.75) is 13.2 Å². The average molecular weight is 262 g/mol. The number of nitrogens with two attached hydrogens (primary N) is 1. The summed E-state index contributed by atoms with van der Waals surface area (Å²) in [5.41, 5.74) is 7.05. The summed E-state index contributed by atoms with van der Waals surface area (Å²) in [5.74, 6) is 0.503. The number of methoxy groups -OCH3 is 1. The van der Waals surface area contributed by atoms with E-state index >= 15 is 0 Å². The second-order valence-corrected chi connectivity index (χ2v) is 4.00. The largest absolute Gasteiger partial charge is 0.439 e. The molecule has 0 unspecified atom stereocenters. The Morgan fingerprint density at radius 3 is 2.89 bits per heavy atom. The molecule has 100 valence electrons. The predicted octanol–water partition coefficient (Wildman–Crippen LogP) is 2.62. The van der Waals surface area contributed by atoms with Gasteiger partial charge in [-0.2, -0.15) is 0 Å². The molecule has 5 heteroatoms. The first kappa shape index (κ1) is 13.5. The third kappa shape index (κ3) is 3.49. The molecule has 0 saturated heterocycles. The van der Waals surface area contributed by atoms with Crippen LogP contribution in [0.3, 0.4) is 0 Å². The van der Waals surface area contributed by atoms with Gasteiger partial charge in [0.1, 0.15) is 11.6 Å². The van der Waals surface area contributed by atoms with E-state index in [0.717, 1.165) is 11.8 Å². The standard InChI is InChI=1S/C14H15FN2O2/c1-18-9-10-3-2-4-13(5-10)19-14-11(7-16)6-12(15)8-17-14/h2-6,8H,7,9,16H2,1H3. The van der Waals surface area contributed by atoms with Crippen LogP contribution in [0.25, 0.3) is 0 Å². The molecule has 0 amide bonds. The van der Waals surface area contributed by atoms with E-state index in [1.807, 2.05) is 18.2 Å². The van der Waals surface area contributed by atoms with Crippen LogP contribution in [0.1, 0.15) is 11.1 Å². The molecule has 2 aromatic rings. The van der Waals surface area contributed by atoms with Gasteiger partial charge >= 0.3 is 0 Å². The summed E-state index contributed by atoms with van der Waals surface area (Å²) in [6, 6.07) is 8.74. The Morgan fingerprint density at radius 2 is 2.16 bits per heavy atom. The van der Waals surface area contributed by atoms with Crippen LogP contribution in [0, 0.1) is 5.82 Å². The van der Waals surface area contributed by atoms with Crippen molar-refractivity contribution >= 4 is 0 Å².